The van der Waals surface area contributed by atoms with Crippen molar-refractivity contribution in [1.29, 1.82) is 0 Å². The average Bonchev–Trinajstić information content (AvgIpc) is 2.19. The van der Waals surface area contributed by atoms with E-state index in [2.05, 4.69) is 21.6 Å². The van der Waals surface area contributed by atoms with E-state index in [0.29, 0.717) is 11.5 Å². The van der Waals surface area contributed by atoms with Gasteiger partial charge in [0.1, 0.15) is 11.5 Å². The SMILES string of the molecule is COC(=O)C#Cc1nc(N)ccc1C. The fourth-order valence-electron chi connectivity index (χ4n) is 0.832. The third-order valence-electron chi connectivity index (χ3n) is 1.59. The van der Waals surface area contributed by atoms with Crippen LogP contribution in [-0.2, 0) is 9.53 Å². The van der Waals surface area contributed by atoms with E-state index >= 15 is 0 Å². The lowest BCUT2D eigenvalue weighted by atomic mass is 10.2. The third-order valence-corrected chi connectivity index (χ3v) is 1.59. The summed E-state index contributed by atoms with van der Waals surface area (Å²) in [7, 11) is 1.27. The molecule has 4 heteroatoms. The fraction of sp³-hybridized carbons (Fsp3) is 0.200. The molecule has 4 nitrogen and oxygen atoms in total. The van der Waals surface area contributed by atoms with Crippen molar-refractivity contribution in [3.63, 3.8) is 0 Å². The number of carbonyl (C=O) groups excluding carboxylic acids is 1. The van der Waals surface area contributed by atoms with Crippen LogP contribution in [0.4, 0.5) is 5.82 Å². The Bertz CT molecular complexity index is 416. The van der Waals surface area contributed by atoms with E-state index in [9.17, 15) is 4.79 Å². The van der Waals surface area contributed by atoms with Crippen molar-refractivity contribution in [1.82, 2.24) is 4.98 Å². The van der Waals surface area contributed by atoms with Crippen LogP contribution in [0.15, 0.2) is 12.1 Å². The van der Waals surface area contributed by atoms with E-state index in [0.717, 1.165) is 5.56 Å². The Morgan fingerprint density at radius 1 is 1.57 bits per heavy atom. The molecule has 1 aromatic heterocycles. The topological polar surface area (TPSA) is 65.2 Å². The lowest BCUT2D eigenvalue weighted by molar-refractivity contribution is -0.133. The molecule has 0 atom stereocenters. The van der Waals surface area contributed by atoms with Crippen LogP contribution in [0.3, 0.4) is 0 Å². The van der Waals surface area contributed by atoms with E-state index in [1.165, 1.54) is 7.11 Å². The molecule has 0 aliphatic carbocycles. The summed E-state index contributed by atoms with van der Waals surface area (Å²) in [4.78, 5) is 14.7. The van der Waals surface area contributed by atoms with E-state index in [-0.39, 0.29) is 0 Å². The molecule has 1 aromatic rings. The van der Waals surface area contributed by atoms with Gasteiger partial charge in [-0.3, -0.25) is 0 Å². The maximum Gasteiger partial charge on any atom is 0.384 e. The number of pyridine rings is 1. The number of ether oxygens (including phenoxy) is 1. The lowest BCUT2D eigenvalue weighted by Gasteiger charge is -1.97. The molecule has 0 bridgehead atoms. The summed E-state index contributed by atoms with van der Waals surface area (Å²) in [6.45, 7) is 1.84. The highest BCUT2D eigenvalue weighted by atomic mass is 16.5. The van der Waals surface area contributed by atoms with Crippen molar-refractivity contribution in [2.24, 2.45) is 0 Å². The number of nitrogen functional groups attached to an aromatic ring is 1. The van der Waals surface area contributed by atoms with Crippen molar-refractivity contribution >= 4 is 11.8 Å². The summed E-state index contributed by atoms with van der Waals surface area (Å²) in [6, 6.07) is 3.47. The number of anilines is 1. The standard InChI is InChI=1S/C10H10N2O2/c1-7-3-5-9(11)12-8(7)4-6-10(13)14-2/h3,5H,1-2H3,(H2,11,12). The Kier molecular flexibility index (Phi) is 3.08. The number of esters is 1. The van der Waals surface area contributed by atoms with E-state index in [4.69, 9.17) is 5.73 Å². The molecule has 0 aromatic carbocycles. The Morgan fingerprint density at radius 3 is 2.93 bits per heavy atom. The molecule has 0 aliphatic heterocycles. The molecule has 0 fully saturated rings. The summed E-state index contributed by atoms with van der Waals surface area (Å²) < 4.78 is 4.37. The number of nitrogens with zero attached hydrogens (tertiary/aromatic N) is 1. The second-order valence-electron chi connectivity index (χ2n) is 2.64. The highest BCUT2D eigenvalue weighted by Crippen LogP contribution is 2.05. The highest BCUT2D eigenvalue weighted by molar-refractivity contribution is 5.88. The normalized spacial score (nSPS) is 8.71. The van der Waals surface area contributed by atoms with Gasteiger partial charge in [-0.15, -0.1) is 0 Å². The second kappa shape index (κ2) is 4.28. The number of rotatable bonds is 0. The van der Waals surface area contributed by atoms with Crippen LogP contribution in [0.25, 0.3) is 0 Å². The molecule has 0 saturated heterocycles. The first-order valence-electron chi connectivity index (χ1n) is 3.96. The summed E-state index contributed by atoms with van der Waals surface area (Å²) in [5, 5.41) is 0. The van der Waals surface area contributed by atoms with Gasteiger partial charge < -0.3 is 10.5 Å². The van der Waals surface area contributed by atoms with Gasteiger partial charge in [-0.25, -0.2) is 9.78 Å². The first-order chi connectivity index (χ1) is 6.63. The number of aromatic nitrogens is 1. The van der Waals surface area contributed by atoms with Crippen LogP contribution in [0.1, 0.15) is 11.3 Å². The second-order valence-corrected chi connectivity index (χ2v) is 2.64. The summed E-state index contributed by atoms with van der Waals surface area (Å²) in [5.74, 6) is 4.67. The fourth-order valence-corrected chi connectivity index (χ4v) is 0.832. The summed E-state index contributed by atoms with van der Waals surface area (Å²) in [5.41, 5.74) is 6.84. The number of hydrogen-bond donors (Lipinski definition) is 1. The van der Waals surface area contributed by atoms with Crippen LogP contribution in [0, 0.1) is 18.8 Å². The van der Waals surface area contributed by atoms with Gasteiger partial charge in [-0.1, -0.05) is 6.07 Å². The predicted molar refractivity (Wildman–Crippen MR) is 52.3 cm³/mol. The monoisotopic (exact) mass is 190 g/mol. The number of aryl methyl sites for hydroxylation is 1. The van der Waals surface area contributed by atoms with Crippen LogP contribution >= 0.6 is 0 Å². The molecule has 0 unspecified atom stereocenters. The van der Waals surface area contributed by atoms with Gasteiger partial charge in [0.25, 0.3) is 0 Å². The number of nitrogens with two attached hydrogens (primary N) is 1. The Morgan fingerprint density at radius 2 is 2.29 bits per heavy atom. The number of methoxy groups -OCH3 is 1. The zero-order chi connectivity index (χ0) is 10.6. The Labute approximate surface area is 82.1 Å². The largest absolute Gasteiger partial charge is 0.459 e. The Balaban J connectivity index is 3.00. The minimum Gasteiger partial charge on any atom is -0.459 e. The molecule has 1 heterocycles. The smallest absolute Gasteiger partial charge is 0.384 e. The van der Waals surface area contributed by atoms with Gasteiger partial charge in [0.05, 0.1) is 7.11 Å². The van der Waals surface area contributed by atoms with E-state index < -0.39 is 5.97 Å². The molecule has 0 radical (unpaired) electrons. The molecule has 0 spiro atoms. The summed E-state index contributed by atoms with van der Waals surface area (Å²) in [6.07, 6.45) is 0. The van der Waals surface area contributed by atoms with Crippen LogP contribution in [0.5, 0.6) is 0 Å². The first kappa shape index (κ1) is 10.1. The highest BCUT2D eigenvalue weighted by Gasteiger charge is 1.97. The van der Waals surface area contributed by atoms with Gasteiger partial charge >= 0.3 is 5.97 Å². The molecule has 0 amide bonds. The quantitative estimate of drug-likeness (QED) is 0.478. The minimum absolute atomic E-state index is 0.379. The maximum absolute atomic E-state index is 10.7. The molecule has 0 aliphatic rings. The Hall–Kier alpha value is -2.02. The molecular weight excluding hydrogens is 180 g/mol. The van der Waals surface area contributed by atoms with Gasteiger partial charge in [0, 0.05) is 5.92 Å². The predicted octanol–water partition coefficient (Wildman–Crippen LogP) is 0.497. The van der Waals surface area contributed by atoms with Gasteiger partial charge in [-0.05, 0) is 24.5 Å². The zero-order valence-corrected chi connectivity index (χ0v) is 8.00. The van der Waals surface area contributed by atoms with Gasteiger partial charge in [-0.2, -0.15) is 0 Å². The van der Waals surface area contributed by atoms with Crippen molar-refractivity contribution in [3.05, 3.63) is 23.4 Å². The van der Waals surface area contributed by atoms with Gasteiger partial charge in [0.15, 0.2) is 0 Å². The first-order valence-corrected chi connectivity index (χ1v) is 3.96. The van der Waals surface area contributed by atoms with Crippen molar-refractivity contribution in [2.75, 3.05) is 12.8 Å². The molecule has 72 valence electrons. The molecular formula is C10H10N2O2. The van der Waals surface area contributed by atoms with Gasteiger partial charge in [0.2, 0.25) is 0 Å². The summed E-state index contributed by atoms with van der Waals surface area (Å²) >= 11 is 0. The third kappa shape index (κ3) is 2.49. The van der Waals surface area contributed by atoms with E-state index in [1.807, 2.05) is 6.92 Å². The van der Waals surface area contributed by atoms with Crippen molar-refractivity contribution < 1.29 is 9.53 Å². The molecule has 14 heavy (non-hydrogen) atoms. The van der Waals surface area contributed by atoms with Crippen LogP contribution in [0.2, 0.25) is 0 Å². The van der Waals surface area contributed by atoms with Crippen molar-refractivity contribution in [2.45, 2.75) is 6.92 Å². The molecule has 1 rings (SSSR count). The number of hydrogen-bond acceptors (Lipinski definition) is 4. The molecule has 2 N–H and O–H groups in total. The van der Waals surface area contributed by atoms with E-state index in [1.54, 1.807) is 12.1 Å². The van der Waals surface area contributed by atoms with Crippen LogP contribution in [-0.4, -0.2) is 18.1 Å². The average molecular weight is 190 g/mol. The lowest BCUT2D eigenvalue weighted by Crippen LogP contribution is -1.97. The number of carbonyl (C=O) groups is 1. The molecule has 0 saturated carbocycles. The van der Waals surface area contributed by atoms with Crippen molar-refractivity contribution in [3.8, 4) is 11.8 Å². The minimum atomic E-state index is -0.589. The maximum atomic E-state index is 10.7. The van der Waals surface area contributed by atoms with Crippen LogP contribution < -0.4 is 5.73 Å². The zero-order valence-electron chi connectivity index (χ0n) is 8.00.